The highest BCUT2D eigenvalue weighted by molar-refractivity contribution is 5.99. The predicted octanol–water partition coefficient (Wildman–Crippen LogP) is 1.86. The smallest absolute Gasteiger partial charge is 0.272 e. The summed E-state index contributed by atoms with van der Waals surface area (Å²) in [6.07, 6.45) is -1.78. The number of anilines is 1. The van der Waals surface area contributed by atoms with E-state index in [1.165, 1.54) is 6.07 Å². The average Bonchev–Trinajstić information content (AvgIpc) is 2.86. The Labute approximate surface area is 120 Å². The van der Waals surface area contributed by atoms with Crippen LogP contribution in [0.1, 0.15) is 18.4 Å². The summed E-state index contributed by atoms with van der Waals surface area (Å²) >= 11 is 0. The first-order valence-electron chi connectivity index (χ1n) is 6.57. The molecule has 1 fully saturated rings. The first kappa shape index (κ1) is 15.2. The van der Waals surface area contributed by atoms with Crippen molar-refractivity contribution in [1.82, 2.24) is 5.32 Å². The molecule has 5 nitrogen and oxygen atoms in total. The number of ether oxygens (including phenoxy) is 1. The quantitative estimate of drug-likeness (QED) is 0.872. The van der Waals surface area contributed by atoms with Gasteiger partial charge >= 0.3 is 0 Å². The van der Waals surface area contributed by atoms with Gasteiger partial charge in [-0.1, -0.05) is 6.07 Å². The first-order valence-corrected chi connectivity index (χ1v) is 6.57. The maximum absolute atomic E-state index is 12.2. The third-order valence-corrected chi connectivity index (χ3v) is 3.13. The van der Waals surface area contributed by atoms with Gasteiger partial charge in [-0.05, 0) is 25.0 Å². The van der Waals surface area contributed by atoms with Crippen molar-refractivity contribution in [2.45, 2.75) is 32.2 Å². The van der Waals surface area contributed by atoms with Crippen LogP contribution in [0.2, 0.25) is 0 Å². The summed E-state index contributed by atoms with van der Waals surface area (Å²) in [7, 11) is 0. The lowest BCUT2D eigenvalue weighted by atomic mass is 10.2. The first-order chi connectivity index (χ1) is 9.95. The number of alkyl halides is 2. The van der Waals surface area contributed by atoms with Crippen LogP contribution >= 0.6 is 0 Å². The molecular weight excluding hydrogens is 282 g/mol. The van der Waals surface area contributed by atoms with Gasteiger partial charge in [0.2, 0.25) is 11.8 Å². The van der Waals surface area contributed by atoms with Gasteiger partial charge in [0.1, 0.15) is 18.4 Å². The van der Waals surface area contributed by atoms with Gasteiger partial charge < -0.3 is 15.4 Å². The van der Waals surface area contributed by atoms with Crippen molar-refractivity contribution in [3.05, 3.63) is 23.8 Å². The van der Waals surface area contributed by atoms with Gasteiger partial charge in [0, 0.05) is 18.2 Å². The van der Waals surface area contributed by atoms with E-state index in [0.29, 0.717) is 29.8 Å². The van der Waals surface area contributed by atoms with E-state index in [0.717, 1.165) is 0 Å². The molecule has 1 saturated heterocycles. The molecule has 114 valence electrons. The van der Waals surface area contributed by atoms with Crippen molar-refractivity contribution in [3.8, 4) is 5.75 Å². The Balaban J connectivity index is 2.01. The predicted molar refractivity (Wildman–Crippen MR) is 72.5 cm³/mol. The average molecular weight is 298 g/mol. The van der Waals surface area contributed by atoms with Crippen LogP contribution in [-0.2, 0) is 9.59 Å². The summed E-state index contributed by atoms with van der Waals surface area (Å²) in [5.41, 5.74) is 1.14. The van der Waals surface area contributed by atoms with E-state index in [2.05, 4.69) is 10.6 Å². The molecule has 1 aromatic carbocycles. The molecule has 1 aliphatic rings. The molecule has 1 unspecified atom stereocenters. The minimum Gasteiger partial charge on any atom is -0.487 e. The van der Waals surface area contributed by atoms with Crippen LogP contribution in [0.5, 0.6) is 5.75 Å². The fourth-order valence-electron chi connectivity index (χ4n) is 2.03. The van der Waals surface area contributed by atoms with Gasteiger partial charge in [-0.3, -0.25) is 9.59 Å². The number of amides is 2. The zero-order valence-electron chi connectivity index (χ0n) is 11.5. The van der Waals surface area contributed by atoms with Gasteiger partial charge in [-0.2, -0.15) is 0 Å². The Kier molecular flexibility index (Phi) is 4.72. The summed E-state index contributed by atoms with van der Waals surface area (Å²) in [6, 6.07) is 4.26. The highest BCUT2D eigenvalue weighted by atomic mass is 19.3. The Bertz CT molecular complexity index is 549. The van der Waals surface area contributed by atoms with Crippen molar-refractivity contribution < 1.29 is 23.1 Å². The Morgan fingerprint density at radius 1 is 1.52 bits per heavy atom. The van der Waals surface area contributed by atoms with Gasteiger partial charge in [0.25, 0.3) is 6.43 Å². The molecule has 0 radical (unpaired) electrons. The molecule has 0 aliphatic carbocycles. The van der Waals surface area contributed by atoms with E-state index >= 15 is 0 Å². The van der Waals surface area contributed by atoms with Crippen LogP contribution in [0, 0.1) is 6.92 Å². The van der Waals surface area contributed by atoms with E-state index in [-0.39, 0.29) is 11.8 Å². The third kappa shape index (κ3) is 4.14. The lowest BCUT2D eigenvalue weighted by Gasteiger charge is -2.13. The maximum atomic E-state index is 12.2. The normalized spacial score (nSPS) is 17.7. The van der Waals surface area contributed by atoms with Crippen molar-refractivity contribution in [2.24, 2.45) is 0 Å². The van der Waals surface area contributed by atoms with Crippen LogP contribution in [0.15, 0.2) is 18.2 Å². The van der Waals surface area contributed by atoms with Gasteiger partial charge in [-0.25, -0.2) is 8.78 Å². The van der Waals surface area contributed by atoms with Crippen molar-refractivity contribution >= 4 is 17.5 Å². The fourth-order valence-corrected chi connectivity index (χ4v) is 2.03. The molecule has 1 aliphatic heterocycles. The second-order valence-corrected chi connectivity index (χ2v) is 4.83. The minimum absolute atomic E-state index is 0.153. The summed E-state index contributed by atoms with van der Waals surface area (Å²) < 4.78 is 29.3. The van der Waals surface area contributed by atoms with E-state index in [1.54, 1.807) is 19.1 Å². The molecule has 2 amide bonds. The highest BCUT2D eigenvalue weighted by Crippen LogP contribution is 2.23. The fraction of sp³-hybridized carbons (Fsp3) is 0.429. The van der Waals surface area contributed by atoms with Crippen LogP contribution < -0.4 is 15.4 Å². The molecule has 7 heteroatoms. The largest absolute Gasteiger partial charge is 0.487 e. The topological polar surface area (TPSA) is 67.4 Å². The Hall–Kier alpha value is -2.18. The zero-order chi connectivity index (χ0) is 15.4. The van der Waals surface area contributed by atoms with E-state index in [9.17, 15) is 18.4 Å². The monoisotopic (exact) mass is 298 g/mol. The second kappa shape index (κ2) is 6.51. The molecular formula is C14H16F2N2O3. The molecule has 1 atom stereocenters. The summed E-state index contributed by atoms with van der Waals surface area (Å²) in [6.45, 7) is 1.03. The maximum Gasteiger partial charge on any atom is 0.272 e. The van der Waals surface area contributed by atoms with Crippen LogP contribution in [-0.4, -0.2) is 30.9 Å². The number of benzene rings is 1. The minimum atomic E-state index is -2.56. The van der Waals surface area contributed by atoms with Crippen molar-refractivity contribution in [2.75, 3.05) is 11.9 Å². The number of aryl methyl sites for hydroxylation is 1. The lowest BCUT2D eigenvalue weighted by molar-refractivity contribution is -0.122. The Morgan fingerprint density at radius 3 is 2.90 bits per heavy atom. The summed E-state index contributed by atoms with van der Waals surface area (Å²) in [5.74, 6) is -0.187. The van der Waals surface area contributed by atoms with E-state index in [4.69, 9.17) is 4.74 Å². The molecule has 2 N–H and O–H groups in total. The molecule has 2 rings (SSSR count). The van der Waals surface area contributed by atoms with Gasteiger partial charge in [0.05, 0.1) is 0 Å². The number of carbonyl (C=O) groups excluding carboxylic acids is 2. The van der Waals surface area contributed by atoms with Crippen LogP contribution in [0.3, 0.4) is 0 Å². The number of carbonyl (C=O) groups is 2. The van der Waals surface area contributed by atoms with Gasteiger partial charge in [-0.15, -0.1) is 0 Å². The SMILES string of the molecule is Cc1ccc(NC(=O)C2CCC(=O)N2)cc1OCC(F)F. The zero-order valence-corrected chi connectivity index (χ0v) is 11.5. The highest BCUT2D eigenvalue weighted by Gasteiger charge is 2.27. The Morgan fingerprint density at radius 2 is 2.29 bits per heavy atom. The number of halogens is 2. The molecule has 1 aromatic rings. The molecule has 0 aromatic heterocycles. The van der Waals surface area contributed by atoms with Crippen LogP contribution in [0.4, 0.5) is 14.5 Å². The second-order valence-electron chi connectivity index (χ2n) is 4.83. The molecule has 0 bridgehead atoms. The molecule has 0 saturated carbocycles. The molecule has 1 heterocycles. The third-order valence-electron chi connectivity index (χ3n) is 3.13. The number of rotatable bonds is 5. The standard InChI is InChI=1S/C14H16F2N2O3/c1-8-2-3-9(6-11(8)21-7-12(15)16)17-14(20)10-4-5-13(19)18-10/h2-3,6,10,12H,4-5,7H2,1H3,(H,17,20)(H,18,19). The summed E-state index contributed by atoms with van der Waals surface area (Å²) in [5, 5.41) is 5.20. The molecule has 0 spiro atoms. The van der Waals surface area contributed by atoms with E-state index in [1.807, 2.05) is 0 Å². The summed E-state index contributed by atoms with van der Waals surface area (Å²) in [4.78, 5) is 23.0. The van der Waals surface area contributed by atoms with Crippen molar-refractivity contribution in [3.63, 3.8) is 0 Å². The van der Waals surface area contributed by atoms with Crippen LogP contribution in [0.25, 0.3) is 0 Å². The number of hydrogen-bond acceptors (Lipinski definition) is 3. The number of nitrogens with one attached hydrogen (secondary N) is 2. The number of hydrogen-bond donors (Lipinski definition) is 2. The molecule has 21 heavy (non-hydrogen) atoms. The van der Waals surface area contributed by atoms with Crippen molar-refractivity contribution in [1.29, 1.82) is 0 Å². The van der Waals surface area contributed by atoms with E-state index < -0.39 is 19.1 Å². The lowest BCUT2D eigenvalue weighted by Crippen LogP contribution is -2.37. The van der Waals surface area contributed by atoms with Gasteiger partial charge in [0.15, 0.2) is 0 Å².